The highest BCUT2D eigenvalue weighted by Gasteiger charge is 2.35. The molecule has 138 valence electrons. The molecule has 1 fully saturated rings. The predicted molar refractivity (Wildman–Crippen MR) is 109 cm³/mol. The molecule has 1 N–H and O–H groups in total. The molecule has 1 aromatic carbocycles. The minimum atomic E-state index is -0.226. The first-order valence-corrected chi connectivity index (χ1v) is 9.54. The third kappa shape index (κ3) is 3.85. The van der Waals surface area contributed by atoms with E-state index in [0.717, 1.165) is 30.8 Å². The Morgan fingerprint density at radius 2 is 1.89 bits per heavy atom. The number of nitrogens with one attached hydrogen (secondary N) is 1. The minimum absolute atomic E-state index is 0.0672. The number of thiocarbonyl (C=S) groups is 1. The van der Waals surface area contributed by atoms with E-state index in [2.05, 4.69) is 10.2 Å². The molecule has 1 amide bonds. The Morgan fingerprint density at radius 3 is 2.70 bits per heavy atom. The summed E-state index contributed by atoms with van der Waals surface area (Å²) in [6.45, 7) is 2.20. The predicted octanol–water partition coefficient (Wildman–Crippen LogP) is 2.38. The van der Waals surface area contributed by atoms with Crippen molar-refractivity contribution in [2.45, 2.75) is 18.9 Å². The number of nitrogens with zero attached hydrogens (tertiary/aromatic N) is 2. The summed E-state index contributed by atoms with van der Waals surface area (Å²) in [4.78, 5) is 26.4. The third-order valence-electron chi connectivity index (χ3n) is 5.22. The molecule has 0 radical (unpaired) electrons. The Labute approximate surface area is 163 Å². The molecule has 2 atom stereocenters. The highest BCUT2D eigenvalue weighted by molar-refractivity contribution is 7.80. The zero-order valence-corrected chi connectivity index (χ0v) is 15.7. The quantitative estimate of drug-likeness (QED) is 0.643. The van der Waals surface area contributed by atoms with Crippen LogP contribution in [0.25, 0.3) is 6.08 Å². The lowest BCUT2D eigenvalue weighted by Gasteiger charge is -2.43. The van der Waals surface area contributed by atoms with Gasteiger partial charge >= 0.3 is 0 Å². The number of aromatic nitrogens is 1. The molecule has 1 saturated heterocycles. The first kappa shape index (κ1) is 17.7. The first-order valence-electron chi connectivity index (χ1n) is 9.13. The molecule has 1 unspecified atom stereocenters. The van der Waals surface area contributed by atoms with Gasteiger partial charge in [0, 0.05) is 43.4 Å². The van der Waals surface area contributed by atoms with E-state index in [-0.39, 0.29) is 17.4 Å². The van der Waals surface area contributed by atoms with Gasteiger partial charge < -0.3 is 9.47 Å². The molecule has 2 aliphatic rings. The van der Waals surface area contributed by atoms with Crippen LogP contribution in [0.4, 0.5) is 0 Å². The van der Waals surface area contributed by atoms with Gasteiger partial charge in [0.2, 0.25) is 5.91 Å². The summed E-state index contributed by atoms with van der Waals surface area (Å²) in [6, 6.07) is 15.1. The summed E-state index contributed by atoms with van der Waals surface area (Å²) in [6.07, 6.45) is 4.33. The standard InChI is InChI=1S/C21H21N3O2S/c25-19(10-9-15-5-2-1-3-6-15)22-21(27)23-12-16-11-17(14-23)18-7-4-8-20(26)24(18)13-16/h1-10,16-17H,11-14H2,(H,22,25,27)/b10-9+/t16-,17?/m1/s1. The second-order valence-corrected chi connectivity index (χ2v) is 7.53. The smallest absolute Gasteiger partial charge is 0.250 e. The van der Waals surface area contributed by atoms with Crippen molar-refractivity contribution in [3.05, 3.63) is 76.2 Å². The Kier molecular flexibility index (Phi) is 4.90. The molecular formula is C21H21N3O2S. The van der Waals surface area contributed by atoms with Crippen LogP contribution in [0.2, 0.25) is 0 Å². The van der Waals surface area contributed by atoms with Crippen LogP contribution in [-0.4, -0.2) is 33.6 Å². The van der Waals surface area contributed by atoms with E-state index in [1.165, 1.54) is 6.08 Å². The number of hydrogen-bond acceptors (Lipinski definition) is 3. The third-order valence-corrected chi connectivity index (χ3v) is 5.58. The first-order chi connectivity index (χ1) is 13.1. The monoisotopic (exact) mass is 379 g/mol. The molecule has 4 rings (SSSR count). The Morgan fingerprint density at radius 1 is 1.07 bits per heavy atom. The van der Waals surface area contributed by atoms with Crippen molar-refractivity contribution >= 4 is 29.3 Å². The summed E-state index contributed by atoms with van der Waals surface area (Å²) in [5.41, 5.74) is 2.10. The highest BCUT2D eigenvalue weighted by atomic mass is 32.1. The average molecular weight is 379 g/mol. The van der Waals surface area contributed by atoms with Gasteiger partial charge in [-0.05, 0) is 42.3 Å². The van der Waals surface area contributed by atoms with E-state index < -0.39 is 0 Å². The van der Waals surface area contributed by atoms with Gasteiger partial charge in [0.1, 0.15) is 0 Å². The van der Waals surface area contributed by atoms with Crippen molar-refractivity contribution in [1.29, 1.82) is 0 Å². The van der Waals surface area contributed by atoms with E-state index in [0.29, 0.717) is 17.6 Å². The van der Waals surface area contributed by atoms with Gasteiger partial charge in [-0.1, -0.05) is 36.4 Å². The van der Waals surface area contributed by atoms with Gasteiger partial charge in [-0.25, -0.2) is 0 Å². The van der Waals surface area contributed by atoms with Crippen LogP contribution in [0.1, 0.15) is 23.6 Å². The highest BCUT2D eigenvalue weighted by Crippen LogP contribution is 2.34. The Balaban J connectivity index is 1.41. The summed E-state index contributed by atoms with van der Waals surface area (Å²) in [5.74, 6) is 0.406. The minimum Gasteiger partial charge on any atom is -0.348 e. The second-order valence-electron chi connectivity index (χ2n) is 7.14. The van der Waals surface area contributed by atoms with Crippen LogP contribution in [0, 0.1) is 5.92 Å². The molecule has 6 heteroatoms. The molecule has 3 heterocycles. The molecule has 0 spiro atoms. The van der Waals surface area contributed by atoms with Crippen LogP contribution >= 0.6 is 12.2 Å². The SMILES string of the molecule is O=C(/C=C/c1ccccc1)NC(=S)N1CC2C[C@H](C1)Cn1c2cccc1=O. The van der Waals surface area contributed by atoms with Crippen molar-refractivity contribution in [3.63, 3.8) is 0 Å². The van der Waals surface area contributed by atoms with Gasteiger partial charge in [0.15, 0.2) is 5.11 Å². The molecule has 1 aromatic heterocycles. The van der Waals surface area contributed by atoms with Crippen molar-refractivity contribution < 1.29 is 4.79 Å². The Hall–Kier alpha value is -2.73. The summed E-state index contributed by atoms with van der Waals surface area (Å²) < 4.78 is 1.89. The van der Waals surface area contributed by atoms with Crippen molar-refractivity contribution in [1.82, 2.24) is 14.8 Å². The van der Waals surface area contributed by atoms with Gasteiger partial charge in [0.25, 0.3) is 5.56 Å². The number of pyridine rings is 1. The lowest BCUT2D eigenvalue weighted by atomic mass is 9.83. The largest absolute Gasteiger partial charge is 0.348 e. The van der Waals surface area contributed by atoms with Gasteiger partial charge in [-0.15, -0.1) is 0 Å². The van der Waals surface area contributed by atoms with Crippen molar-refractivity contribution in [3.8, 4) is 0 Å². The van der Waals surface area contributed by atoms with Gasteiger partial charge in [-0.2, -0.15) is 0 Å². The lowest BCUT2D eigenvalue weighted by molar-refractivity contribution is -0.115. The van der Waals surface area contributed by atoms with E-state index in [1.54, 1.807) is 12.1 Å². The van der Waals surface area contributed by atoms with E-state index in [9.17, 15) is 9.59 Å². The fraction of sp³-hybridized carbons (Fsp3) is 0.286. The number of amides is 1. The molecule has 27 heavy (non-hydrogen) atoms. The van der Waals surface area contributed by atoms with Crippen LogP contribution in [0.5, 0.6) is 0 Å². The van der Waals surface area contributed by atoms with Gasteiger partial charge in [-0.3, -0.25) is 14.9 Å². The van der Waals surface area contributed by atoms with Crippen LogP contribution in [-0.2, 0) is 11.3 Å². The summed E-state index contributed by atoms with van der Waals surface area (Å²) >= 11 is 5.47. The van der Waals surface area contributed by atoms with E-state index in [1.807, 2.05) is 47.0 Å². The fourth-order valence-corrected chi connectivity index (χ4v) is 4.27. The van der Waals surface area contributed by atoms with Crippen molar-refractivity contribution in [2.24, 2.45) is 5.92 Å². The van der Waals surface area contributed by atoms with Crippen molar-refractivity contribution in [2.75, 3.05) is 13.1 Å². The number of likely N-dealkylation sites (tertiary alicyclic amines) is 1. The molecule has 2 aliphatic heterocycles. The normalized spacial score (nSPS) is 21.0. The summed E-state index contributed by atoms with van der Waals surface area (Å²) in [5, 5.41) is 3.27. The molecule has 2 aromatic rings. The van der Waals surface area contributed by atoms with Gasteiger partial charge in [0.05, 0.1) is 0 Å². The van der Waals surface area contributed by atoms with E-state index in [4.69, 9.17) is 12.2 Å². The zero-order valence-electron chi connectivity index (χ0n) is 14.9. The maximum Gasteiger partial charge on any atom is 0.250 e. The number of fused-ring (bicyclic) bond motifs is 4. The second kappa shape index (κ2) is 7.48. The maximum atomic E-state index is 12.2. The van der Waals surface area contributed by atoms with E-state index >= 15 is 0 Å². The number of rotatable bonds is 2. The molecule has 0 aliphatic carbocycles. The topological polar surface area (TPSA) is 54.3 Å². The zero-order chi connectivity index (χ0) is 18.8. The van der Waals surface area contributed by atoms with Crippen LogP contribution in [0.15, 0.2) is 59.4 Å². The van der Waals surface area contributed by atoms with Crippen LogP contribution < -0.4 is 10.9 Å². The average Bonchev–Trinajstić information content (AvgIpc) is 2.68. The molecule has 2 bridgehead atoms. The number of carbonyl (C=O) groups is 1. The fourth-order valence-electron chi connectivity index (χ4n) is 4.02. The Bertz CT molecular complexity index is 951. The lowest BCUT2D eigenvalue weighted by Crippen LogP contribution is -2.52. The summed E-state index contributed by atoms with van der Waals surface area (Å²) in [7, 11) is 0. The number of hydrogen-bond donors (Lipinski definition) is 1. The van der Waals surface area contributed by atoms with Crippen LogP contribution in [0.3, 0.4) is 0 Å². The molecule has 0 saturated carbocycles. The molecule has 5 nitrogen and oxygen atoms in total. The number of carbonyl (C=O) groups excluding carboxylic acids is 1. The number of piperidine rings is 1. The number of benzene rings is 1. The molecular weight excluding hydrogens is 358 g/mol. The maximum absolute atomic E-state index is 12.2.